The molecule has 0 aliphatic carbocycles. The number of carboxylic acids is 1. The third-order valence-corrected chi connectivity index (χ3v) is 3.24. The van der Waals surface area contributed by atoms with Crippen molar-refractivity contribution in [3.05, 3.63) is 23.8 Å². The molecule has 1 aliphatic rings. The lowest BCUT2D eigenvalue weighted by Crippen LogP contribution is -2.31. The number of carboxylic acid groups (broad SMARTS) is 1. The molecule has 1 aliphatic heterocycles. The number of nitrogens with zero attached hydrogens (tertiary/aromatic N) is 3. The predicted molar refractivity (Wildman–Crippen MR) is 67.3 cm³/mol. The van der Waals surface area contributed by atoms with Crippen LogP contribution in [-0.2, 0) is 9.59 Å². The number of carbonyl (C=O) groups is 2. The summed E-state index contributed by atoms with van der Waals surface area (Å²) in [6, 6.07) is -0.0614. The Morgan fingerprint density at radius 3 is 2.89 bits per heavy atom. The Bertz CT molecular complexity index is 490. The van der Waals surface area contributed by atoms with Crippen LogP contribution in [0.4, 0.5) is 0 Å². The second-order valence-electron chi connectivity index (χ2n) is 4.72. The number of hydrogen-bond acceptors (Lipinski definition) is 4. The van der Waals surface area contributed by atoms with E-state index in [-0.39, 0.29) is 24.8 Å². The number of hydrogen-bond donors (Lipinski definition) is 1. The van der Waals surface area contributed by atoms with E-state index in [0.717, 1.165) is 24.2 Å². The van der Waals surface area contributed by atoms with Crippen molar-refractivity contribution in [1.82, 2.24) is 14.9 Å². The Labute approximate surface area is 111 Å². The van der Waals surface area contributed by atoms with Crippen LogP contribution in [0.2, 0.25) is 0 Å². The van der Waals surface area contributed by atoms with Gasteiger partial charge in [-0.05, 0) is 19.8 Å². The van der Waals surface area contributed by atoms with Crippen molar-refractivity contribution in [3.63, 3.8) is 0 Å². The Morgan fingerprint density at radius 1 is 1.42 bits per heavy atom. The second kappa shape index (κ2) is 5.77. The molecule has 6 heteroatoms. The molecular formula is C13H17N3O3. The first-order valence-electron chi connectivity index (χ1n) is 6.37. The van der Waals surface area contributed by atoms with E-state index in [2.05, 4.69) is 9.97 Å². The van der Waals surface area contributed by atoms with Crippen molar-refractivity contribution in [2.75, 3.05) is 6.54 Å². The number of carbonyl (C=O) groups excluding carboxylic acids is 1. The number of aliphatic carboxylic acids is 1. The van der Waals surface area contributed by atoms with Crippen LogP contribution in [0, 0.1) is 6.92 Å². The Balaban J connectivity index is 2.08. The zero-order valence-electron chi connectivity index (χ0n) is 10.9. The highest BCUT2D eigenvalue weighted by Crippen LogP contribution is 2.31. The van der Waals surface area contributed by atoms with E-state index < -0.39 is 5.97 Å². The lowest BCUT2D eigenvalue weighted by atomic mass is 10.1. The van der Waals surface area contributed by atoms with Gasteiger partial charge in [0.1, 0.15) is 0 Å². The van der Waals surface area contributed by atoms with E-state index in [0.29, 0.717) is 6.54 Å². The van der Waals surface area contributed by atoms with Crippen molar-refractivity contribution in [1.29, 1.82) is 0 Å². The van der Waals surface area contributed by atoms with E-state index in [1.54, 1.807) is 17.3 Å². The van der Waals surface area contributed by atoms with E-state index in [1.165, 1.54) is 0 Å². The molecule has 1 aromatic heterocycles. The predicted octanol–water partition coefficient (Wildman–Crippen LogP) is 1.31. The molecule has 1 atom stereocenters. The summed E-state index contributed by atoms with van der Waals surface area (Å²) in [5.74, 6) is -1.06. The normalized spacial score (nSPS) is 18.6. The summed E-state index contributed by atoms with van der Waals surface area (Å²) in [4.78, 5) is 32.8. The molecule has 0 spiro atoms. The summed E-state index contributed by atoms with van der Waals surface area (Å²) in [6.45, 7) is 2.53. The topological polar surface area (TPSA) is 83.4 Å². The molecule has 6 nitrogen and oxygen atoms in total. The summed E-state index contributed by atoms with van der Waals surface area (Å²) in [5.41, 5.74) is 1.61. The van der Waals surface area contributed by atoms with Crippen molar-refractivity contribution >= 4 is 11.9 Å². The molecule has 102 valence electrons. The summed E-state index contributed by atoms with van der Waals surface area (Å²) in [5, 5.41) is 8.63. The van der Waals surface area contributed by atoms with Gasteiger partial charge >= 0.3 is 5.97 Å². The maximum atomic E-state index is 12.0. The largest absolute Gasteiger partial charge is 0.481 e. The van der Waals surface area contributed by atoms with Gasteiger partial charge in [-0.25, -0.2) is 0 Å². The summed E-state index contributed by atoms with van der Waals surface area (Å²) in [6.07, 6.45) is 5.05. The Kier molecular flexibility index (Phi) is 4.09. The van der Waals surface area contributed by atoms with Gasteiger partial charge in [0.25, 0.3) is 0 Å². The number of aryl methyl sites for hydroxylation is 1. The molecule has 1 saturated heterocycles. The van der Waals surface area contributed by atoms with Crippen LogP contribution < -0.4 is 0 Å². The zero-order valence-corrected chi connectivity index (χ0v) is 10.9. The molecule has 0 unspecified atom stereocenters. The van der Waals surface area contributed by atoms with Gasteiger partial charge in [-0.1, -0.05) is 0 Å². The smallest absolute Gasteiger partial charge is 0.303 e. The van der Waals surface area contributed by atoms with Crippen molar-refractivity contribution in [2.24, 2.45) is 0 Å². The molecule has 1 N–H and O–H groups in total. The molecule has 1 fully saturated rings. The summed E-state index contributed by atoms with van der Waals surface area (Å²) < 4.78 is 0. The molecule has 2 rings (SSSR count). The first-order chi connectivity index (χ1) is 9.08. The minimum Gasteiger partial charge on any atom is -0.481 e. The highest BCUT2D eigenvalue weighted by Gasteiger charge is 2.31. The third-order valence-electron chi connectivity index (χ3n) is 3.24. The van der Waals surface area contributed by atoms with Gasteiger partial charge in [0, 0.05) is 19.2 Å². The van der Waals surface area contributed by atoms with E-state index in [1.807, 2.05) is 6.92 Å². The molecule has 0 bridgehead atoms. The third kappa shape index (κ3) is 3.27. The maximum absolute atomic E-state index is 12.0. The first-order valence-corrected chi connectivity index (χ1v) is 6.37. The fourth-order valence-corrected chi connectivity index (χ4v) is 2.37. The minimum absolute atomic E-state index is 0.0467. The van der Waals surface area contributed by atoms with Crippen LogP contribution in [0.25, 0.3) is 0 Å². The first kappa shape index (κ1) is 13.5. The standard InChI is InChI=1S/C13H17N3O3/c1-9-7-14-8-10(15-9)11-3-2-6-16(11)12(17)4-5-13(18)19/h7-8,11H,2-6H2,1H3,(H,18,19)/t11-/m1/s1. The minimum atomic E-state index is -0.945. The highest BCUT2D eigenvalue weighted by atomic mass is 16.4. The quantitative estimate of drug-likeness (QED) is 0.885. The van der Waals surface area contributed by atoms with Gasteiger partial charge in [0.05, 0.1) is 30.0 Å². The lowest BCUT2D eigenvalue weighted by molar-refractivity contribution is -0.141. The highest BCUT2D eigenvalue weighted by molar-refractivity contribution is 5.81. The van der Waals surface area contributed by atoms with Gasteiger partial charge in [0.15, 0.2) is 0 Å². The SMILES string of the molecule is Cc1cncc([C@H]2CCCN2C(=O)CCC(=O)O)n1. The van der Waals surface area contributed by atoms with Gasteiger partial charge in [-0.2, -0.15) is 0 Å². The van der Waals surface area contributed by atoms with Crippen LogP contribution in [0.1, 0.15) is 43.1 Å². The molecule has 19 heavy (non-hydrogen) atoms. The van der Waals surface area contributed by atoms with Crippen LogP contribution in [-0.4, -0.2) is 38.4 Å². The van der Waals surface area contributed by atoms with Crippen LogP contribution in [0.15, 0.2) is 12.4 Å². The zero-order chi connectivity index (χ0) is 13.8. The number of rotatable bonds is 4. The molecule has 1 amide bonds. The number of aromatic nitrogens is 2. The monoisotopic (exact) mass is 263 g/mol. The summed E-state index contributed by atoms with van der Waals surface area (Å²) in [7, 11) is 0. The van der Waals surface area contributed by atoms with Gasteiger partial charge < -0.3 is 10.0 Å². The summed E-state index contributed by atoms with van der Waals surface area (Å²) >= 11 is 0. The molecular weight excluding hydrogens is 246 g/mol. The van der Waals surface area contributed by atoms with Crippen molar-refractivity contribution in [2.45, 2.75) is 38.6 Å². The van der Waals surface area contributed by atoms with E-state index in [4.69, 9.17) is 5.11 Å². The average Bonchev–Trinajstić information content (AvgIpc) is 2.85. The molecule has 0 saturated carbocycles. The van der Waals surface area contributed by atoms with Crippen LogP contribution in [0.3, 0.4) is 0 Å². The Hall–Kier alpha value is -1.98. The van der Waals surface area contributed by atoms with Crippen LogP contribution >= 0.6 is 0 Å². The molecule has 0 radical (unpaired) electrons. The number of amides is 1. The van der Waals surface area contributed by atoms with E-state index in [9.17, 15) is 9.59 Å². The van der Waals surface area contributed by atoms with Crippen molar-refractivity contribution < 1.29 is 14.7 Å². The lowest BCUT2D eigenvalue weighted by Gasteiger charge is -2.24. The second-order valence-corrected chi connectivity index (χ2v) is 4.72. The van der Waals surface area contributed by atoms with E-state index >= 15 is 0 Å². The Morgan fingerprint density at radius 2 is 2.21 bits per heavy atom. The number of likely N-dealkylation sites (tertiary alicyclic amines) is 1. The fraction of sp³-hybridized carbons (Fsp3) is 0.538. The van der Waals surface area contributed by atoms with Crippen LogP contribution in [0.5, 0.6) is 0 Å². The average molecular weight is 263 g/mol. The molecule has 2 heterocycles. The maximum Gasteiger partial charge on any atom is 0.303 e. The molecule has 1 aromatic rings. The van der Waals surface area contributed by atoms with Gasteiger partial charge in [0.2, 0.25) is 5.91 Å². The molecule has 0 aromatic carbocycles. The van der Waals surface area contributed by atoms with Gasteiger partial charge in [-0.3, -0.25) is 19.6 Å². The fourth-order valence-electron chi connectivity index (χ4n) is 2.37. The van der Waals surface area contributed by atoms with Crippen molar-refractivity contribution in [3.8, 4) is 0 Å². The van der Waals surface area contributed by atoms with Gasteiger partial charge in [-0.15, -0.1) is 0 Å².